The summed E-state index contributed by atoms with van der Waals surface area (Å²) in [6.07, 6.45) is 1.97. The second-order valence-corrected chi connectivity index (χ2v) is 6.99. The number of aryl methyl sites for hydroxylation is 1. The molecule has 1 aromatic heterocycles. The lowest BCUT2D eigenvalue weighted by atomic mass is 10.2. The Balaban J connectivity index is 2.05. The zero-order valence-electron chi connectivity index (χ0n) is 12.3. The quantitative estimate of drug-likeness (QED) is 0.916. The Morgan fingerprint density at radius 1 is 1.53 bits per heavy atom. The lowest BCUT2D eigenvalue weighted by Crippen LogP contribution is -2.38. The van der Waals surface area contributed by atoms with Crippen molar-refractivity contribution in [2.45, 2.75) is 45.5 Å². The van der Waals surface area contributed by atoms with E-state index in [0.29, 0.717) is 11.3 Å². The van der Waals surface area contributed by atoms with E-state index >= 15 is 0 Å². The zero-order chi connectivity index (χ0) is 13.8. The van der Waals surface area contributed by atoms with E-state index in [-0.39, 0.29) is 0 Å². The molecule has 0 aromatic carbocycles. The van der Waals surface area contributed by atoms with Crippen molar-refractivity contribution in [3.8, 4) is 0 Å². The highest BCUT2D eigenvalue weighted by molar-refractivity contribution is 8.00. The number of rotatable bonds is 4. The minimum absolute atomic E-state index is 0.485. The zero-order valence-corrected chi connectivity index (χ0v) is 13.1. The molecule has 0 aliphatic carbocycles. The molecule has 0 saturated carbocycles. The Bertz CT molecular complexity index is 422. The van der Waals surface area contributed by atoms with E-state index in [9.17, 15) is 0 Å². The third kappa shape index (κ3) is 4.08. The number of aromatic nitrogens is 2. The highest BCUT2D eigenvalue weighted by atomic mass is 32.2. The van der Waals surface area contributed by atoms with Crippen LogP contribution in [0, 0.1) is 6.92 Å². The molecule has 0 spiro atoms. The normalized spacial score (nSPS) is 20.1. The fraction of sp³-hybridized carbons (Fsp3) is 0.714. The molecular weight excluding hydrogens is 256 g/mol. The molecule has 1 saturated heterocycles. The molecule has 1 unspecified atom stereocenters. The molecule has 0 bridgehead atoms. The van der Waals surface area contributed by atoms with Crippen LogP contribution in [0.25, 0.3) is 0 Å². The Morgan fingerprint density at radius 2 is 2.32 bits per heavy atom. The van der Waals surface area contributed by atoms with Crippen LogP contribution in [0.5, 0.6) is 0 Å². The number of hydrogen-bond donors (Lipinski definition) is 1. The van der Waals surface area contributed by atoms with E-state index < -0.39 is 0 Å². The minimum atomic E-state index is 0.485. The number of anilines is 1. The van der Waals surface area contributed by atoms with E-state index in [2.05, 4.69) is 47.9 Å². The van der Waals surface area contributed by atoms with Gasteiger partial charge in [0.2, 0.25) is 5.95 Å². The van der Waals surface area contributed by atoms with Gasteiger partial charge in [0.1, 0.15) is 0 Å². The highest BCUT2D eigenvalue weighted by Crippen LogP contribution is 2.21. The molecule has 1 aliphatic rings. The molecule has 2 heterocycles. The minimum Gasteiger partial charge on any atom is -0.339 e. The summed E-state index contributed by atoms with van der Waals surface area (Å²) < 4.78 is 0. The van der Waals surface area contributed by atoms with E-state index in [1.165, 1.54) is 11.3 Å². The second-order valence-electron chi connectivity index (χ2n) is 5.44. The van der Waals surface area contributed by atoms with Crippen molar-refractivity contribution in [2.75, 3.05) is 23.7 Å². The van der Waals surface area contributed by atoms with Gasteiger partial charge in [0.25, 0.3) is 0 Å². The van der Waals surface area contributed by atoms with Crippen molar-refractivity contribution >= 4 is 17.7 Å². The van der Waals surface area contributed by atoms with Gasteiger partial charge in [-0.2, -0.15) is 11.8 Å². The van der Waals surface area contributed by atoms with Gasteiger partial charge in [-0.3, -0.25) is 0 Å². The number of hydrogen-bond acceptors (Lipinski definition) is 5. The highest BCUT2D eigenvalue weighted by Gasteiger charge is 2.19. The first-order valence-corrected chi connectivity index (χ1v) is 8.03. The van der Waals surface area contributed by atoms with Gasteiger partial charge in [0, 0.05) is 54.1 Å². The molecule has 5 heteroatoms. The number of nitrogens with one attached hydrogen (secondary N) is 1. The molecule has 1 N–H and O–H groups in total. The van der Waals surface area contributed by atoms with Gasteiger partial charge < -0.3 is 10.2 Å². The van der Waals surface area contributed by atoms with Crippen LogP contribution in [-0.2, 0) is 6.54 Å². The second kappa shape index (κ2) is 6.57. The lowest BCUT2D eigenvalue weighted by molar-refractivity contribution is 0.584. The topological polar surface area (TPSA) is 41.1 Å². The largest absolute Gasteiger partial charge is 0.339 e. The molecule has 0 radical (unpaired) electrons. The molecule has 1 aliphatic heterocycles. The van der Waals surface area contributed by atoms with Gasteiger partial charge in [-0.25, -0.2) is 9.97 Å². The molecule has 1 fully saturated rings. The average Bonchev–Trinajstić information content (AvgIpc) is 2.37. The summed E-state index contributed by atoms with van der Waals surface area (Å²) in [7, 11) is 0. The SMILES string of the molecule is Cc1nc(N2CCSC(C)C2)ncc1CNC(C)C. The summed E-state index contributed by atoms with van der Waals surface area (Å²) in [4.78, 5) is 11.5. The van der Waals surface area contributed by atoms with Crippen molar-refractivity contribution in [2.24, 2.45) is 0 Å². The van der Waals surface area contributed by atoms with Gasteiger partial charge in [-0.15, -0.1) is 0 Å². The Hall–Kier alpha value is -0.810. The monoisotopic (exact) mass is 280 g/mol. The Labute approximate surface area is 120 Å². The predicted molar refractivity (Wildman–Crippen MR) is 82.9 cm³/mol. The van der Waals surface area contributed by atoms with E-state index in [0.717, 1.165) is 31.3 Å². The molecule has 19 heavy (non-hydrogen) atoms. The van der Waals surface area contributed by atoms with Gasteiger partial charge >= 0.3 is 0 Å². The number of nitrogens with zero attached hydrogens (tertiary/aromatic N) is 3. The van der Waals surface area contributed by atoms with Gasteiger partial charge in [0.15, 0.2) is 0 Å². The standard InChI is InChI=1S/C14H24N4S/c1-10(2)15-7-13-8-16-14(17-12(13)4)18-5-6-19-11(3)9-18/h8,10-11,15H,5-7,9H2,1-4H3. The van der Waals surface area contributed by atoms with Crippen LogP contribution in [0.3, 0.4) is 0 Å². The molecule has 1 aromatic rings. The first-order valence-electron chi connectivity index (χ1n) is 6.98. The van der Waals surface area contributed by atoms with Gasteiger partial charge in [0.05, 0.1) is 0 Å². The van der Waals surface area contributed by atoms with Gasteiger partial charge in [-0.05, 0) is 6.92 Å². The van der Waals surface area contributed by atoms with Crippen molar-refractivity contribution in [1.82, 2.24) is 15.3 Å². The summed E-state index contributed by atoms with van der Waals surface area (Å²) in [6.45, 7) is 11.6. The number of thioether (sulfide) groups is 1. The first kappa shape index (κ1) is 14.6. The molecular formula is C14H24N4S. The van der Waals surface area contributed by atoms with Crippen LogP contribution in [0.4, 0.5) is 5.95 Å². The fourth-order valence-electron chi connectivity index (χ4n) is 2.12. The molecule has 0 amide bonds. The molecule has 1 atom stereocenters. The maximum absolute atomic E-state index is 4.67. The summed E-state index contributed by atoms with van der Waals surface area (Å²) in [5.74, 6) is 2.05. The van der Waals surface area contributed by atoms with Crippen LogP contribution >= 0.6 is 11.8 Å². The fourth-order valence-corrected chi connectivity index (χ4v) is 3.13. The average molecular weight is 280 g/mol. The van der Waals surface area contributed by atoms with E-state index in [4.69, 9.17) is 0 Å². The molecule has 2 rings (SSSR count). The summed E-state index contributed by atoms with van der Waals surface area (Å²) in [5.41, 5.74) is 2.28. The van der Waals surface area contributed by atoms with Crippen LogP contribution in [-0.4, -0.2) is 40.1 Å². The van der Waals surface area contributed by atoms with Crippen molar-refractivity contribution in [1.29, 1.82) is 0 Å². The predicted octanol–water partition coefficient (Wildman–Crippen LogP) is 2.22. The first-order chi connectivity index (χ1) is 9.06. The van der Waals surface area contributed by atoms with Crippen LogP contribution in [0.2, 0.25) is 0 Å². The molecule has 4 nitrogen and oxygen atoms in total. The van der Waals surface area contributed by atoms with Crippen molar-refractivity contribution < 1.29 is 0 Å². The summed E-state index contributed by atoms with van der Waals surface area (Å²) in [6, 6.07) is 0.485. The molecule has 106 valence electrons. The van der Waals surface area contributed by atoms with Gasteiger partial charge in [-0.1, -0.05) is 20.8 Å². The summed E-state index contributed by atoms with van der Waals surface area (Å²) >= 11 is 2.03. The van der Waals surface area contributed by atoms with E-state index in [1.54, 1.807) is 0 Å². The van der Waals surface area contributed by atoms with Crippen LogP contribution < -0.4 is 10.2 Å². The van der Waals surface area contributed by atoms with Crippen LogP contribution in [0.1, 0.15) is 32.0 Å². The van der Waals surface area contributed by atoms with E-state index in [1.807, 2.05) is 18.0 Å². The maximum atomic E-state index is 4.67. The van der Waals surface area contributed by atoms with Crippen LogP contribution in [0.15, 0.2) is 6.20 Å². The Morgan fingerprint density at radius 3 is 2.95 bits per heavy atom. The van der Waals surface area contributed by atoms with Crippen molar-refractivity contribution in [3.63, 3.8) is 0 Å². The Kier molecular flexibility index (Phi) is 5.05. The smallest absolute Gasteiger partial charge is 0.225 e. The third-order valence-corrected chi connectivity index (χ3v) is 4.43. The van der Waals surface area contributed by atoms with Crippen molar-refractivity contribution in [3.05, 3.63) is 17.5 Å². The summed E-state index contributed by atoms with van der Waals surface area (Å²) in [5, 5.41) is 4.08. The maximum Gasteiger partial charge on any atom is 0.225 e. The third-order valence-electron chi connectivity index (χ3n) is 3.29. The lowest BCUT2D eigenvalue weighted by Gasteiger charge is -2.30.